The van der Waals surface area contributed by atoms with E-state index in [2.05, 4.69) is 0 Å². The highest BCUT2D eigenvalue weighted by molar-refractivity contribution is 7.98. The van der Waals surface area contributed by atoms with Gasteiger partial charge in [-0.1, -0.05) is 0 Å². The normalized spacial score (nSPS) is 12.1. The maximum absolute atomic E-state index is 10.4. The van der Waals surface area contributed by atoms with E-state index in [-0.39, 0.29) is 12.5 Å². The molecule has 1 N–H and O–H groups in total. The summed E-state index contributed by atoms with van der Waals surface area (Å²) in [5, 5.41) is 8.56. The molecule has 0 fully saturated rings. The monoisotopic (exact) mass is 226 g/mol. The smallest absolute Gasteiger partial charge is 0.307 e. The lowest BCUT2D eigenvalue weighted by Crippen LogP contribution is -2.16. The Morgan fingerprint density at radius 1 is 1.47 bits per heavy atom. The van der Waals surface area contributed by atoms with Gasteiger partial charge in [0.25, 0.3) is 0 Å². The van der Waals surface area contributed by atoms with Gasteiger partial charge in [0.1, 0.15) is 11.9 Å². The summed E-state index contributed by atoms with van der Waals surface area (Å²) in [5.41, 5.74) is 0. The van der Waals surface area contributed by atoms with E-state index in [1.165, 1.54) is 0 Å². The molecule has 0 heterocycles. The van der Waals surface area contributed by atoms with Crippen molar-refractivity contribution in [3.63, 3.8) is 0 Å². The predicted octanol–water partition coefficient (Wildman–Crippen LogP) is 2.65. The van der Waals surface area contributed by atoms with Crippen LogP contribution in [0.15, 0.2) is 29.2 Å². The number of rotatable bonds is 5. The third kappa shape index (κ3) is 4.25. The van der Waals surface area contributed by atoms with Gasteiger partial charge in [0, 0.05) is 4.90 Å². The average molecular weight is 226 g/mol. The summed E-state index contributed by atoms with van der Waals surface area (Å²) in [6.45, 7) is 1.75. The number of benzene rings is 1. The largest absolute Gasteiger partial charge is 0.490 e. The zero-order valence-electron chi connectivity index (χ0n) is 8.77. The molecule has 1 aromatic rings. The number of thioether (sulfide) groups is 1. The van der Waals surface area contributed by atoms with E-state index in [1.54, 1.807) is 18.7 Å². The maximum atomic E-state index is 10.4. The molecular formula is C11H14O3S. The van der Waals surface area contributed by atoms with E-state index in [0.717, 1.165) is 4.90 Å². The fourth-order valence-electron chi connectivity index (χ4n) is 1.17. The predicted molar refractivity (Wildman–Crippen MR) is 60.6 cm³/mol. The van der Waals surface area contributed by atoms with Gasteiger partial charge in [-0.25, -0.2) is 0 Å². The van der Waals surface area contributed by atoms with Crippen LogP contribution < -0.4 is 4.74 Å². The van der Waals surface area contributed by atoms with Gasteiger partial charge in [0.05, 0.1) is 6.42 Å². The first-order valence-corrected chi connectivity index (χ1v) is 5.87. The molecule has 82 valence electrons. The number of hydrogen-bond acceptors (Lipinski definition) is 3. The number of carbonyl (C=O) groups is 1. The Balaban J connectivity index is 2.53. The van der Waals surface area contributed by atoms with Crippen molar-refractivity contribution >= 4 is 17.7 Å². The van der Waals surface area contributed by atoms with Crippen molar-refractivity contribution in [2.45, 2.75) is 24.3 Å². The number of carboxylic acids is 1. The Bertz CT molecular complexity index is 321. The van der Waals surface area contributed by atoms with Crippen molar-refractivity contribution in [3.05, 3.63) is 24.3 Å². The van der Waals surface area contributed by atoms with Gasteiger partial charge < -0.3 is 9.84 Å². The second-order valence-corrected chi connectivity index (χ2v) is 4.08. The molecule has 0 aromatic heterocycles. The molecule has 0 saturated heterocycles. The van der Waals surface area contributed by atoms with E-state index in [4.69, 9.17) is 9.84 Å². The molecule has 0 saturated carbocycles. The minimum Gasteiger partial charge on any atom is -0.490 e. The third-order valence-electron chi connectivity index (χ3n) is 1.86. The van der Waals surface area contributed by atoms with Crippen molar-refractivity contribution in [3.8, 4) is 5.75 Å². The standard InChI is InChI=1S/C11H14O3S/c1-8(7-11(12)13)14-9-3-5-10(15-2)6-4-9/h3-6,8H,7H2,1-2H3,(H,12,13)/t8-/m1/s1. The Morgan fingerprint density at radius 3 is 2.53 bits per heavy atom. The first-order valence-electron chi connectivity index (χ1n) is 4.64. The second-order valence-electron chi connectivity index (χ2n) is 3.20. The first-order chi connectivity index (χ1) is 7.11. The summed E-state index contributed by atoms with van der Waals surface area (Å²) in [7, 11) is 0. The molecule has 1 aromatic carbocycles. The molecule has 1 rings (SSSR count). The third-order valence-corrected chi connectivity index (χ3v) is 2.60. The van der Waals surface area contributed by atoms with Gasteiger partial charge in [-0.15, -0.1) is 11.8 Å². The molecule has 0 amide bonds. The van der Waals surface area contributed by atoms with Gasteiger partial charge in [-0.3, -0.25) is 4.79 Å². The minimum atomic E-state index is -0.844. The summed E-state index contributed by atoms with van der Waals surface area (Å²) in [6, 6.07) is 7.61. The fraction of sp³-hybridized carbons (Fsp3) is 0.364. The van der Waals surface area contributed by atoms with Crippen LogP contribution in [0.2, 0.25) is 0 Å². The zero-order valence-corrected chi connectivity index (χ0v) is 9.58. The van der Waals surface area contributed by atoms with Gasteiger partial charge in [0.15, 0.2) is 0 Å². The molecule has 0 spiro atoms. The summed E-state index contributed by atoms with van der Waals surface area (Å²) in [6.07, 6.45) is 1.72. The summed E-state index contributed by atoms with van der Waals surface area (Å²) < 4.78 is 5.43. The van der Waals surface area contributed by atoms with Crippen LogP contribution in [0.3, 0.4) is 0 Å². The highest BCUT2D eigenvalue weighted by Gasteiger charge is 2.08. The molecule has 0 bridgehead atoms. The van der Waals surface area contributed by atoms with E-state index in [0.29, 0.717) is 5.75 Å². The van der Waals surface area contributed by atoms with Gasteiger partial charge in [-0.2, -0.15) is 0 Å². The van der Waals surface area contributed by atoms with Crippen LogP contribution in [0.5, 0.6) is 5.75 Å². The van der Waals surface area contributed by atoms with Crippen LogP contribution in [-0.4, -0.2) is 23.4 Å². The highest BCUT2D eigenvalue weighted by atomic mass is 32.2. The molecule has 0 radical (unpaired) electrons. The average Bonchev–Trinajstić information content (AvgIpc) is 2.17. The van der Waals surface area contributed by atoms with E-state index in [9.17, 15) is 4.79 Å². The minimum absolute atomic E-state index is 0.0181. The lowest BCUT2D eigenvalue weighted by Gasteiger charge is -2.12. The SMILES string of the molecule is CSc1ccc(O[C@H](C)CC(=O)O)cc1. The van der Waals surface area contributed by atoms with Crippen LogP contribution in [0.25, 0.3) is 0 Å². The van der Waals surface area contributed by atoms with Crippen molar-refractivity contribution in [1.29, 1.82) is 0 Å². The van der Waals surface area contributed by atoms with Gasteiger partial charge in [-0.05, 0) is 37.4 Å². The molecule has 0 aliphatic heterocycles. The van der Waals surface area contributed by atoms with Crippen LogP contribution in [0.4, 0.5) is 0 Å². The van der Waals surface area contributed by atoms with E-state index < -0.39 is 5.97 Å². The Morgan fingerprint density at radius 2 is 2.07 bits per heavy atom. The molecule has 15 heavy (non-hydrogen) atoms. The molecule has 0 aliphatic carbocycles. The summed E-state index contributed by atoms with van der Waals surface area (Å²) in [5.74, 6) is -0.134. The lowest BCUT2D eigenvalue weighted by atomic mass is 10.3. The Kier molecular flexibility index (Phi) is 4.49. The van der Waals surface area contributed by atoms with Crippen LogP contribution in [0, 0.1) is 0 Å². The molecule has 1 atom stereocenters. The quantitative estimate of drug-likeness (QED) is 0.784. The van der Waals surface area contributed by atoms with Crippen molar-refractivity contribution in [2.75, 3.05) is 6.26 Å². The molecule has 0 aliphatic rings. The summed E-state index contributed by atoms with van der Waals surface area (Å²) >= 11 is 1.66. The maximum Gasteiger partial charge on any atom is 0.307 e. The van der Waals surface area contributed by atoms with Crippen molar-refractivity contribution < 1.29 is 14.6 Å². The molecular weight excluding hydrogens is 212 g/mol. The zero-order chi connectivity index (χ0) is 11.3. The molecule has 4 heteroatoms. The Hall–Kier alpha value is -1.16. The summed E-state index contributed by atoms with van der Waals surface area (Å²) in [4.78, 5) is 11.6. The lowest BCUT2D eigenvalue weighted by molar-refractivity contribution is -0.138. The van der Waals surface area contributed by atoms with E-state index >= 15 is 0 Å². The number of carboxylic acid groups (broad SMARTS) is 1. The van der Waals surface area contributed by atoms with Crippen LogP contribution >= 0.6 is 11.8 Å². The topological polar surface area (TPSA) is 46.5 Å². The molecule has 3 nitrogen and oxygen atoms in total. The number of ether oxygens (including phenoxy) is 1. The fourth-order valence-corrected chi connectivity index (χ4v) is 1.58. The Labute approximate surface area is 93.4 Å². The second kappa shape index (κ2) is 5.66. The van der Waals surface area contributed by atoms with E-state index in [1.807, 2.05) is 30.5 Å². The van der Waals surface area contributed by atoms with Gasteiger partial charge in [0.2, 0.25) is 0 Å². The molecule has 0 unspecified atom stereocenters. The van der Waals surface area contributed by atoms with Crippen molar-refractivity contribution in [1.82, 2.24) is 0 Å². The van der Waals surface area contributed by atoms with Gasteiger partial charge >= 0.3 is 5.97 Å². The van der Waals surface area contributed by atoms with Crippen LogP contribution in [0.1, 0.15) is 13.3 Å². The number of aliphatic carboxylic acids is 1. The number of hydrogen-bond donors (Lipinski definition) is 1. The van der Waals surface area contributed by atoms with Crippen molar-refractivity contribution in [2.24, 2.45) is 0 Å². The highest BCUT2D eigenvalue weighted by Crippen LogP contribution is 2.20. The first kappa shape index (κ1) is 11.9. The van der Waals surface area contributed by atoms with Crippen LogP contribution in [-0.2, 0) is 4.79 Å².